The van der Waals surface area contributed by atoms with Gasteiger partial charge in [0.05, 0.1) is 6.54 Å². The summed E-state index contributed by atoms with van der Waals surface area (Å²) in [6, 6.07) is 0.586. The fraction of sp³-hybridized carbons (Fsp3) is 0.812. The highest BCUT2D eigenvalue weighted by molar-refractivity contribution is 14.0. The summed E-state index contributed by atoms with van der Waals surface area (Å²) < 4.78 is 0. The molecule has 0 aliphatic heterocycles. The lowest BCUT2D eigenvalue weighted by Gasteiger charge is -2.25. The number of aliphatic imine (C=N–C) groups is 1. The smallest absolute Gasteiger partial charge is 0.193 e. The van der Waals surface area contributed by atoms with Crippen LogP contribution in [0.25, 0.3) is 0 Å². The van der Waals surface area contributed by atoms with Crippen LogP contribution in [0.2, 0.25) is 0 Å². The van der Waals surface area contributed by atoms with Crippen LogP contribution in [0.4, 0.5) is 0 Å². The van der Waals surface area contributed by atoms with Crippen molar-refractivity contribution in [3.05, 3.63) is 12.7 Å². The summed E-state index contributed by atoms with van der Waals surface area (Å²) >= 11 is 0. The van der Waals surface area contributed by atoms with Gasteiger partial charge in [-0.25, -0.2) is 0 Å². The van der Waals surface area contributed by atoms with E-state index in [4.69, 9.17) is 4.99 Å². The van der Waals surface area contributed by atoms with Gasteiger partial charge < -0.3 is 10.2 Å². The molecule has 1 N–H and O–H groups in total. The zero-order valence-corrected chi connectivity index (χ0v) is 16.9. The summed E-state index contributed by atoms with van der Waals surface area (Å²) in [6.45, 7) is 17.4. The van der Waals surface area contributed by atoms with E-state index in [0.29, 0.717) is 6.04 Å². The number of nitrogens with zero attached hydrogens (tertiary/aromatic N) is 3. The second-order valence-corrected chi connectivity index (χ2v) is 5.31. The Balaban J connectivity index is 0. The summed E-state index contributed by atoms with van der Waals surface area (Å²) in [6.07, 6.45) is 4.15. The highest BCUT2D eigenvalue weighted by Gasteiger charge is 2.07. The maximum absolute atomic E-state index is 4.73. The van der Waals surface area contributed by atoms with E-state index in [1.807, 2.05) is 6.08 Å². The second-order valence-electron chi connectivity index (χ2n) is 5.31. The molecule has 0 radical (unpaired) electrons. The first-order chi connectivity index (χ1) is 9.56. The number of hydrogen-bond acceptors (Lipinski definition) is 2. The monoisotopic (exact) mass is 410 g/mol. The van der Waals surface area contributed by atoms with Gasteiger partial charge in [-0.1, -0.05) is 13.0 Å². The van der Waals surface area contributed by atoms with E-state index in [2.05, 4.69) is 56.4 Å². The molecule has 0 aromatic rings. The van der Waals surface area contributed by atoms with Crippen molar-refractivity contribution in [3.8, 4) is 0 Å². The summed E-state index contributed by atoms with van der Waals surface area (Å²) in [5, 5.41) is 3.36. The lowest BCUT2D eigenvalue weighted by atomic mass is 10.3. The van der Waals surface area contributed by atoms with Crippen molar-refractivity contribution in [1.29, 1.82) is 0 Å². The molecule has 126 valence electrons. The van der Waals surface area contributed by atoms with Gasteiger partial charge in [-0.2, -0.15) is 0 Å². The average molecular weight is 410 g/mol. The van der Waals surface area contributed by atoms with Crippen molar-refractivity contribution in [3.63, 3.8) is 0 Å². The van der Waals surface area contributed by atoms with Crippen LogP contribution in [-0.2, 0) is 0 Å². The molecule has 0 aromatic heterocycles. The van der Waals surface area contributed by atoms with E-state index in [0.717, 1.165) is 51.5 Å². The lowest BCUT2D eigenvalue weighted by molar-refractivity contribution is 0.240. The zero-order chi connectivity index (χ0) is 15.4. The van der Waals surface area contributed by atoms with Crippen molar-refractivity contribution in [2.75, 3.05) is 39.8 Å². The largest absolute Gasteiger partial charge is 0.357 e. The van der Waals surface area contributed by atoms with Gasteiger partial charge in [0, 0.05) is 32.7 Å². The molecular formula is C16H35IN4. The first kappa shape index (κ1) is 23.0. The first-order valence-corrected chi connectivity index (χ1v) is 7.91. The normalized spacial score (nSPS) is 11.5. The Kier molecular flexibility index (Phi) is 16.0. The lowest BCUT2D eigenvalue weighted by Crippen LogP contribution is -2.40. The van der Waals surface area contributed by atoms with Gasteiger partial charge in [0.15, 0.2) is 5.96 Å². The van der Waals surface area contributed by atoms with Crippen molar-refractivity contribution in [2.45, 2.75) is 46.6 Å². The van der Waals surface area contributed by atoms with Gasteiger partial charge in [-0.3, -0.25) is 9.89 Å². The third-order valence-corrected chi connectivity index (χ3v) is 3.38. The first-order valence-electron chi connectivity index (χ1n) is 7.91. The van der Waals surface area contributed by atoms with Crippen LogP contribution in [0.15, 0.2) is 17.6 Å². The standard InChI is InChI=1S/C16H34N4.HI/c1-7-10-11-13-19(6)16(17-8-2)18-12-14-20(9-3)15(4)5;/h7,15H,1,8-14H2,2-6H3,(H,17,18);1H. The van der Waals surface area contributed by atoms with Gasteiger partial charge in [0.1, 0.15) is 0 Å². The minimum atomic E-state index is 0. The van der Waals surface area contributed by atoms with Crippen LogP contribution in [0, 0.1) is 0 Å². The van der Waals surface area contributed by atoms with Crippen LogP contribution in [-0.4, -0.2) is 61.6 Å². The van der Waals surface area contributed by atoms with E-state index in [1.54, 1.807) is 0 Å². The predicted octanol–water partition coefficient (Wildman–Crippen LogP) is 3.20. The fourth-order valence-corrected chi connectivity index (χ4v) is 2.11. The molecule has 0 saturated carbocycles. The summed E-state index contributed by atoms with van der Waals surface area (Å²) in [7, 11) is 2.10. The van der Waals surface area contributed by atoms with Crippen LogP contribution in [0.3, 0.4) is 0 Å². The van der Waals surface area contributed by atoms with E-state index >= 15 is 0 Å². The molecule has 0 aromatic carbocycles. The van der Waals surface area contributed by atoms with Gasteiger partial charge in [-0.15, -0.1) is 30.6 Å². The molecule has 0 rings (SSSR count). The maximum atomic E-state index is 4.73. The molecule has 0 spiro atoms. The molecule has 21 heavy (non-hydrogen) atoms. The Morgan fingerprint density at radius 2 is 1.95 bits per heavy atom. The topological polar surface area (TPSA) is 30.9 Å². The van der Waals surface area contributed by atoms with Gasteiger partial charge in [-0.05, 0) is 40.2 Å². The molecule has 0 fully saturated rings. The number of hydrogen-bond donors (Lipinski definition) is 1. The summed E-state index contributed by atoms with van der Waals surface area (Å²) in [5.74, 6) is 1.01. The Morgan fingerprint density at radius 1 is 1.29 bits per heavy atom. The molecule has 0 heterocycles. The molecule has 4 nitrogen and oxygen atoms in total. The number of guanidine groups is 1. The minimum Gasteiger partial charge on any atom is -0.357 e. The maximum Gasteiger partial charge on any atom is 0.193 e. The Hall–Kier alpha value is -0.300. The molecule has 0 amide bonds. The van der Waals surface area contributed by atoms with Crippen LogP contribution < -0.4 is 5.32 Å². The number of unbranched alkanes of at least 4 members (excludes halogenated alkanes) is 1. The Bertz CT molecular complexity index is 279. The fourth-order valence-electron chi connectivity index (χ4n) is 2.11. The van der Waals surface area contributed by atoms with Gasteiger partial charge in [0.2, 0.25) is 0 Å². The quantitative estimate of drug-likeness (QED) is 0.197. The molecule has 0 bridgehead atoms. The van der Waals surface area contributed by atoms with E-state index in [1.165, 1.54) is 0 Å². The number of nitrogens with one attached hydrogen (secondary N) is 1. The van der Waals surface area contributed by atoms with E-state index in [9.17, 15) is 0 Å². The van der Waals surface area contributed by atoms with Gasteiger partial charge in [0.25, 0.3) is 0 Å². The van der Waals surface area contributed by atoms with Crippen LogP contribution in [0.1, 0.15) is 40.5 Å². The van der Waals surface area contributed by atoms with E-state index < -0.39 is 0 Å². The third kappa shape index (κ3) is 11.0. The molecule has 0 atom stereocenters. The molecule has 0 aliphatic carbocycles. The van der Waals surface area contributed by atoms with Crippen molar-refractivity contribution in [2.24, 2.45) is 4.99 Å². The highest BCUT2D eigenvalue weighted by atomic mass is 127. The highest BCUT2D eigenvalue weighted by Crippen LogP contribution is 1.98. The predicted molar refractivity (Wildman–Crippen MR) is 106 cm³/mol. The third-order valence-electron chi connectivity index (χ3n) is 3.38. The number of likely N-dealkylation sites (N-methyl/N-ethyl adjacent to an activating group) is 1. The Morgan fingerprint density at radius 3 is 2.43 bits per heavy atom. The SMILES string of the molecule is C=CCCCN(C)C(=NCCN(CC)C(C)C)NCC.I. The number of halogens is 1. The molecule has 0 saturated heterocycles. The number of allylic oxidation sites excluding steroid dienone is 1. The molecule has 0 unspecified atom stereocenters. The molecule has 5 heteroatoms. The molecular weight excluding hydrogens is 375 g/mol. The van der Waals surface area contributed by atoms with Crippen molar-refractivity contribution < 1.29 is 0 Å². The average Bonchev–Trinajstić information content (AvgIpc) is 2.42. The van der Waals surface area contributed by atoms with Gasteiger partial charge >= 0.3 is 0 Å². The second kappa shape index (κ2) is 14.6. The van der Waals surface area contributed by atoms with Crippen molar-refractivity contribution in [1.82, 2.24) is 15.1 Å². The summed E-state index contributed by atoms with van der Waals surface area (Å²) in [4.78, 5) is 9.37. The Labute approximate surface area is 149 Å². The van der Waals surface area contributed by atoms with E-state index in [-0.39, 0.29) is 24.0 Å². The molecule has 0 aliphatic rings. The minimum absolute atomic E-state index is 0. The summed E-state index contributed by atoms with van der Waals surface area (Å²) in [5.41, 5.74) is 0. The van der Waals surface area contributed by atoms with Crippen LogP contribution in [0.5, 0.6) is 0 Å². The number of rotatable bonds is 10. The van der Waals surface area contributed by atoms with Crippen molar-refractivity contribution >= 4 is 29.9 Å². The zero-order valence-electron chi connectivity index (χ0n) is 14.6. The van der Waals surface area contributed by atoms with Crippen LogP contribution >= 0.6 is 24.0 Å².